The molecule has 39 heavy (non-hydrogen) atoms. The number of nitrogens with zero attached hydrogens (tertiary/aromatic N) is 2. The second kappa shape index (κ2) is 11.9. The Labute approximate surface area is 226 Å². The van der Waals surface area contributed by atoms with Crippen LogP contribution < -0.4 is 4.74 Å². The fourth-order valence-corrected chi connectivity index (χ4v) is 4.85. The molecule has 1 aliphatic rings. The van der Waals surface area contributed by atoms with Crippen molar-refractivity contribution in [2.45, 2.75) is 25.0 Å². The molecule has 0 saturated heterocycles. The van der Waals surface area contributed by atoms with Crippen molar-refractivity contribution >= 4 is 11.6 Å². The number of ether oxygens (including phenoxy) is 1. The molecule has 1 atom stereocenters. The molecule has 7 heteroatoms. The molecule has 0 N–H and O–H groups in total. The molecule has 1 unspecified atom stereocenters. The van der Waals surface area contributed by atoms with Gasteiger partial charge in [-0.25, -0.2) is 8.78 Å². The minimum Gasteiger partial charge on any atom is -0.496 e. The predicted octanol–water partition coefficient (Wildman–Crippen LogP) is 6.33. The summed E-state index contributed by atoms with van der Waals surface area (Å²) in [6.07, 6.45) is -0.0122. The molecule has 4 aromatic rings. The van der Waals surface area contributed by atoms with Crippen LogP contribution in [0.25, 0.3) is 0 Å². The largest absolute Gasteiger partial charge is 0.496 e. The Hall–Kier alpha value is -4.52. The summed E-state index contributed by atoms with van der Waals surface area (Å²) in [5.41, 5.74) is 3.37. The van der Waals surface area contributed by atoms with Crippen LogP contribution in [0.15, 0.2) is 108 Å². The van der Waals surface area contributed by atoms with Crippen LogP contribution in [-0.4, -0.2) is 36.3 Å². The van der Waals surface area contributed by atoms with Gasteiger partial charge in [-0.05, 0) is 29.3 Å². The molecule has 198 valence electrons. The minimum absolute atomic E-state index is 0.0506. The number of rotatable bonds is 9. The van der Waals surface area contributed by atoms with Crippen molar-refractivity contribution in [3.8, 4) is 5.75 Å². The number of benzene rings is 4. The normalized spacial score (nSPS) is 14.6. The summed E-state index contributed by atoms with van der Waals surface area (Å²) in [4.78, 5) is 21.6. The molecule has 0 bridgehead atoms. The van der Waals surface area contributed by atoms with Gasteiger partial charge in [0.1, 0.15) is 17.4 Å². The fourth-order valence-electron chi connectivity index (χ4n) is 4.85. The van der Waals surface area contributed by atoms with Gasteiger partial charge in [-0.15, -0.1) is 0 Å². The van der Waals surface area contributed by atoms with Crippen molar-refractivity contribution in [2.75, 3.05) is 13.7 Å². The number of methoxy groups -OCH3 is 1. The lowest BCUT2D eigenvalue weighted by molar-refractivity contribution is -0.134. The lowest BCUT2D eigenvalue weighted by Crippen LogP contribution is -2.40. The van der Waals surface area contributed by atoms with E-state index in [0.717, 1.165) is 22.8 Å². The van der Waals surface area contributed by atoms with E-state index in [-0.39, 0.29) is 24.6 Å². The Morgan fingerprint density at radius 1 is 0.949 bits per heavy atom. The van der Waals surface area contributed by atoms with E-state index in [9.17, 15) is 13.6 Å². The number of hydrogen-bond donors (Lipinski definition) is 0. The molecule has 1 amide bonds. The quantitative estimate of drug-likeness (QED) is 0.256. The zero-order chi connectivity index (χ0) is 27.2. The van der Waals surface area contributed by atoms with E-state index in [2.05, 4.69) is 5.16 Å². The van der Waals surface area contributed by atoms with Crippen LogP contribution in [-0.2, 0) is 16.2 Å². The first-order valence-electron chi connectivity index (χ1n) is 12.7. The third-order valence-electron chi connectivity index (χ3n) is 6.78. The number of amides is 1. The topological polar surface area (TPSA) is 51.1 Å². The van der Waals surface area contributed by atoms with Gasteiger partial charge in [0, 0.05) is 30.2 Å². The third-order valence-corrected chi connectivity index (χ3v) is 6.78. The van der Waals surface area contributed by atoms with E-state index in [4.69, 9.17) is 9.57 Å². The first kappa shape index (κ1) is 26.1. The maximum Gasteiger partial charge on any atom is 0.235 e. The Kier molecular flexibility index (Phi) is 7.96. The van der Waals surface area contributed by atoms with Crippen LogP contribution in [0.2, 0.25) is 0 Å². The summed E-state index contributed by atoms with van der Waals surface area (Å²) in [6, 6.07) is 29.9. The Morgan fingerprint density at radius 2 is 1.59 bits per heavy atom. The van der Waals surface area contributed by atoms with Crippen molar-refractivity contribution in [2.24, 2.45) is 5.16 Å². The van der Waals surface area contributed by atoms with E-state index >= 15 is 0 Å². The maximum absolute atomic E-state index is 14.8. The van der Waals surface area contributed by atoms with Crippen LogP contribution in [0.5, 0.6) is 5.75 Å². The summed E-state index contributed by atoms with van der Waals surface area (Å²) < 4.78 is 33.9. The molecule has 0 aliphatic carbocycles. The van der Waals surface area contributed by atoms with Gasteiger partial charge in [0.2, 0.25) is 5.91 Å². The van der Waals surface area contributed by atoms with E-state index < -0.39 is 23.7 Å². The van der Waals surface area contributed by atoms with Crippen LogP contribution in [0.3, 0.4) is 0 Å². The second-order valence-electron chi connectivity index (χ2n) is 9.38. The van der Waals surface area contributed by atoms with Crippen LogP contribution in [0.4, 0.5) is 8.78 Å². The molecular formula is C32H28F2N2O3. The molecule has 4 aromatic carbocycles. The lowest BCUT2D eigenvalue weighted by Gasteiger charge is -2.30. The second-order valence-corrected chi connectivity index (χ2v) is 9.38. The number of carbonyl (C=O) groups is 1. The third kappa shape index (κ3) is 5.98. The van der Waals surface area contributed by atoms with Crippen LogP contribution in [0, 0.1) is 11.6 Å². The van der Waals surface area contributed by atoms with E-state index in [1.54, 1.807) is 12.0 Å². The summed E-state index contributed by atoms with van der Waals surface area (Å²) >= 11 is 0. The fraction of sp³-hybridized carbons (Fsp3) is 0.188. The first-order chi connectivity index (χ1) is 19.0. The molecule has 0 aromatic heterocycles. The number of para-hydroxylation sites is 1. The highest BCUT2D eigenvalue weighted by atomic mass is 19.1. The van der Waals surface area contributed by atoms with E-state index in [1.807, 2.05) is 84.9 Å². The molecule has 5 rings (SSSR count). The Bertz CT molecular complexity index is 1420. The van der Waals surface area contributed by atoms with Crippen molar-refractivity contribution < 1.29 is 23.1 Å². The van der Waals surface area contributed by atoms with Crippen molar-refractivity contribution in [1.82, 2.24) is 4.90 Å². The minimum atomic E-state index is -0.706. The average molecular weight is 527 g/mol. The molecule has 1 heterocycles. The van der Waals surface area contributed by atoms with Crippen LogP contribution in [0.1, 0.15) is 34.6 Å². The standard InChI is InChI=1S/C32H28F2N2O3/c1-38-30-15-9-8-14-27(30)29-19-26(39-35-29)21-36(20-24-16-17-25(33)18-28(24)34)32(37)31(22-10-4-2-5-11-22)23-12-6-3-7-13-23/h2-18,26,31H,19-21H2,1H3. The lowest BCUT2D eigenvalue weighted by atomic mass is 9.89. The molecule has 5 nitrogen and oxygen atoms in total. The highest BCUT2D eigenvalue weighted by molar-refractivity contribution is 6.03. The van der Waals surface area contributed by atoms with E-state index in [1.165, 1.54) is 12.1 Å². The van der Waals surface area contributed by atoms with Crippen molar-refractivity contribution in [1.29, 1.82) is 0 Å². The Balaban J connectivity index is 1.45. The zero-order valence-corrected chi connectivity index (χ0v) is 21.5. The molecular weight excluding hydrogens is 498 g/mol. The van der Waals surface area contributed by atoms with Crippen molar-refractivity contribution in [3.05, 3.63) is 137 Å². The van der Waals surface area contributed by atoms with Gasteiger partial charge in [-0.1, -0.05) is 84.0 Å². The van der Waals surface area contributed by atoms with Gasteiger partial charge < -0.3 is 14.5 Å². The molecule has 0 fully saturated rings. The van der Waals surface area contributed by atoms with Gasteiger partial charge in [0.05, 0.1) is 25.3 Å². The average Bonchev–Trinajstić information content (AvgIpc) is 3.43. The monoisotopic (exact) mass is 526 g/mol. The predicted molar refractivity (Wildman–Crippen MR) is 146 cm³/mol. The van der Waals surface area contributed by atoms with Gasteiger partial charge in [0.25, 0.3) is 0 Å². The van der Waals surface area contributed by atoms with Crippen molar-refractivity contribution in [3.63, 3.8) is 0 Å². The summed E-state index contributed by atoms with van der Waals surface area (Å²) in [5.74, 6) is -1.54. The highest BCUT2D eigenvalue weighted by Crippen LogP contribution is 2.30. The number of halogens is 2. The highest BCUT2D eigenvalue weighted by Gasteiger charge is 2.33. The summed E-state index contributed by atoms with van der Waals surface area (Å²) in [5, 5.41) is 4.28. The van der Waals surface area contributed by atoms with Crippen LogP contribution >= 0.6 is 0 Å². The molecule has 0 radical (unpaired) electrons. The Morgan fingerprint density at radius 3 is 2.23 bits per heavy atom. The molecule has 0 saturated carbocycles. The number of oxime groups is 1. The molecule has 0 spiro atoms. The zero-order valence-electron chi connectivity index (χ0n) is 21.5. The van der Waals surface area contributed by atoms with Gasteiger partial charge in [-0.3, -0.25) is 4.79 Å². The van der Waals surface area contributed by atoms with Gasteiger partial charge >= 0.3 is 0 Å². The summed E-state index contributed by atoms with van der Waals surface area (Å²) in [6.45, 7) is 0.110. The van der Waals surface area contributed by atoms with Gasteiger partial charge in [0.15, 0.2) is 6.10 Å². The maximum atomic E-state index is 14.8. The number of hydrogen-bond acceptors (Lipinski definition) is 4. The SMILES string of the molecule is COc1ccccc1C1=NOC(CN(Cc2ccc(F)cc2F)C(=O)C(c2ccccc2)c2ccccc2)C1. The summed E-state index contributed by atoms with van der Waals surface area (Å²) in [7, 11) is 1.59. The first-order valence-corrected chi connectivity index (χ1v) is 12.7. The smallest absolute Gasteiger partial charge is 0.235 e. The molecule has 1 aliphatic heterocycles. The number of carbonyl (C=O) groups excluding carboxylic acids is 1. The van der Waals surface area contributed by atoms with Gasteiger partial charge in [-0.2, -0.15) is 0 Å². The van der Waals surface area contributed by atoms with E-state index in [0.29, 0.717) is 17.9 Å².